The highest BCUT2D eigenvalue weighted by molar-refractivity contribution is 6.29. The van der Waals surface area contributed by atoms with Crippen molar-refractivity contribution in [3.05, 3.63) is 64.7 Å². The number of nitrogens with one attached hydrogen (secondary N) is 2. The normalized spacial score (nSPS) is 12.7. The third-order valence-corrected chi connectivity index (χ3v) is 4.16. The Hall–Kier alpha value is -3.00. The molecule has 1 aromatic heterocycles. The maximum absolute atomic E-state index is 13.1. The summed E-state index contributed by atoms with van der Waals surface area (Å²) in [6, 6.07) is 6.83. The third-order valence-electron chi connectivity index (χ3n) is 3.94. The Balaban J connectivity index is 2.11. The molecule has 148 valence electrons. The van der Waals surface area contributed by atoms with Crippen LogP contribution in [-0.2, 0) is 27.2 Å². The van der Waals surface area contributed by atoms with Gasteiger partial charge in [-0.2, -0.15) is 0 Å². The number of benzene rings is 1. The number of halogens is 2. The molecule has 0 saturated carbocycles. The van der Waals surface area contributed by atoms with Gasteiger partial charge in [0.05, 0.1) is 0 Å². The molecule has 9 heteroatoms. The second-order valence-corrected chi connectivity index (χ2v) is 6.63. The van der Waals surface area contributed by atoms with Crippen molar-refractivity contribution in [3.63, 3.8) is 0 Å². The average molecular weight is 407 g/mol. The van der Waals surface area contributed by atoms with E-state index in [2.05, 4.69) is 15.6 Å². The first-order valence-corrected chi connectivity index (χ1v) is 8.84. The van der Waals surface area contributed by atoms with Crippen molar-refractivity contribution in [1.82, 2.24) is 15.6 Å². The zero-order valence-corrected chi connectivity index (χ0v) is 15.9. The van der Waals surface area contributed by atoms with Crippen molar-refractivity contribution in [2.45, 2.75) is 31.8 Å². The van der Waals surface area contributed by atoms with E-state index >= 15 is 0 Å². The van der Waals surface area contributed by atoms with Crippen LogP contribution >= 0.6 is 11.6 Å². The second-order valence-electron chi connectivity index (χ2n) is 6.24. The second kappa shape index (κ2) is 9.80. The van der Waals surface area contributed by atoms with Gasteiger partial charge in [-0.05, 0) is 29.3 Å². The van der Waals surface area contributed by atoms with Crippen molar-refractivity contribution < 1.29 is 18.8 Å². The molecule has 3 amide bonds. The number of nitrogens with zero attached hydrogens (tertiary/aromatic N) is 1. The Morgan fingerprint density at radius 2 is 1.64 bits per heavy atom. The monoisotopic (exact) mass is 406 g/mol. The van der Waals surface area contributed by atoms with E-state index in [1.165, 1.54) is 37.4 Å². The number of amides is 3. The molecule has 0 unspecified atom stereocenters. The average Bonchev–Trinajstić information content (AvgIpc) is 2.63. The van der Waals surface area contributed by atoms with Crippen LogP contribution in [0.5, 0.6) is 0 Å². The minimum Gasteiger partial charge on any atom is -0.368 e. The Morgan fingerprint density at radius 3 is 2.18 bits per heavy atom. The first kappa shape index (κ1) is 21.3. The number of hydrogen-bond donors (Lipinski definition) is 3. The van der Waals surface area contributed by atoms with Crippen LogP contribution in [0.1, 0.15) is 18.1 Å². The van der Waals surface area contributed by atoms with E-state index < -0.39 is 35.6 Å². The molecule has 0 aliphatic heterocycles. The molecule has 2 aromatic rings. The summed E-state index contributed by atoms with van der Waals surface area (Å²) in [6.45, 7) is 1.27. The molecule has 28 heavy (non-hydrogen) atoms. The standard InChI is InChI=1S/C19H20ClFN4O3/c1-11(26)24-16(8-12-2-5-14(21)6-3-12)19(28)25-15(18(22)27)9-13-4-7-17(20)23-10-13/h2-7,10,15-16H,8-9H2,1H3,(H2,22,27)(H,24,26)(H,25,28)/t15-,16+/m0/s1. The lowest BCUT2D eigenvalue weighted by Gasteiger charge is -2.21. The van der Waals surface area contributed by atoms with E-state index in [1.54, 1.807) is 12.1 Å². The summed E-state index contributed by atoms with van der Waals surface area (Å²) in [4.78, 5) is 39.8. The van der Waals surface area contributed by atoms with Gasteiger partial charge in [0, 0.05) is 26.0 Å². The first-order chi connectivity index (χ1) is 13.2. The predicted molar refractivity (Wildman–Crippen MR) is 102 cm³/mol. The highest BCUT2D eigenvalue weighted by atomic mass is 35.5. The fraction of sp³-hybridized carbons (Fsp3) is 0.263. The van der Waals surface area contributed by atoms with Crippen LogP contribution in [0.2, 0.25) is 5.15 Å². The summed E-state index contributed by atoms with van der Waals surface area (Å²) >= 11 is 5.74. The van der Waals surface area contributed by atoms with Crippen LogP contribution in [0, 0.1) is 5.82 Å². The number of primary amides is 1. The zero-order valence-electron chi connectivity index (χ0n) is 15.1. The Morgan fingerprint density at radius 1 is 1.04 bits per heavy atom. The van der Waals surface area contributed by atoms with Crippen molar-refractivity contribution in [2.75, 3.05) is 0 Å². The fourth-order valence-corrected chi connectivity index (χ4v) is 2.68. The van der Waals surface area contributed by atoms with Crippen molar-refractivity contribution in [1.29, 1.82) is 0 Å². The van der Waals surface area contributed by atoms with Gasteiger partial charge in [-0.1, -0.05) is 29.8 Å². The molecule has 1 aromatic carbocycles. The van der Waals surface area contributed by atoms with Gasteiger partial charge in [0.2, 0.25) is 17.7 Å². The Bertz CT molecular complexity index is 843. The summed E-state index contributed by atoms with van der Waals surface area (Å²) in [5, 5.41) is 5.38. The molecule has 0 fully saturated rings. The molecule has 7 nitrogen and oxygen atoms in total. The largest absolute Gasteiger partial charge is 0.368 e. The predicted octanol–water partition coefficient (Wildman–Crippen LogP) is 1.13. The van der Waals surface area contributed by atoms with E-state index in [0.717, 1.165) is 0 Å². The van der Waals surface area contributed by atoms with Gasteiger partial charge in [0.1, 0.15) is 23.1 Å². The van der Waals surface area contributed by atoms with Crippen LogP contribution in [-0.4, -0.2) is 34.8 Å². The van der Waals surface area contributed by atoms with Crippen LogP contribution in [0.3, 0.4) is 0 Å². The molecule has 0 aliphatic rings. The zero-order chi connectivity index (χ0) is 20.7. The van der Waals surface area contributed by atoms with Crippen LogP contribution in [0.15, 0.2) is 42.6 Å². The van der Waals surface area contributed by atoms with E-state index in [9.17, 15) is 18.8 Å². The number of carbonyl (C=O) groups is 3. The van der Waals surface area contributed by atoms with Crippen molar-refractivity contribution in [2.24, 2.45) is 5.73 Å². The van der Waals surface area contributed by atoms with Crippen LogP contribution in [0.4, 0.5) is 4.39 Å². The maximum atomic E-state index is 13.1. The minimum atomic E-state index is -1.00. The van der Waals surface area contributed by atoms with E-state index in [0.29, 0.717) is 16.3 Å². The number of carbonyl (C=O) groups excluding carboxylic acids is 3. The van der Waals surface area contributed by atoms with Gasteiger partial charge in [0.25, 0.3) is 0 Å². The lowest BCUT2D eigenvalue weighted by atomic mass is 10.0. The molecule has 0 radical (unpaired) electrons. The lowest BCUT2D eigenvalue weighted by Crippen LogP contribution is -2.54. The minimum absolute atomic E-state index is 0.120. The highest BCUT2D eigenvalue weighted by Gasteiger charge is 2.25. The number of rotatable bonds is 8. The third kappa shape index (κ3) is 6.62. The lowest BCUT2D eigenvalue weighted by molar-refractivity contribution is -0.130. The SMILES string of the molecule is CC(=O)N[C@H](Cc1ccc(F)cc1)C(=O)N[C@@H](Cc1ccc(Cl)nc1)C(N)=O. The van der Waals surface area contributed by atoms with Gasteiger partial charge < -0.3 is 16.4 Å². The summed E-state index contributed by atoms with van der Waals surface area (Å²) in [5.41, 5.74) is 6.71. The van der Waals surface area contributed by atoms with Crippen LogP contribution < -0.4 is 16.4 Å². The molecule has 0 bridgehead atoms. The van der Waals surface area contributed by atoms with Crippen molar-refractivity contribution in [3.8, 4) is 0 Å². The number of pyridine rings is 1. The van der Waals surface area contributed by atoms with Gasteiger partial charge in [-0.3, -0.25) is 14.4 Å². The highest BCUT2D eigenvalue weighted by Crippen LogP contribution is 2.09. The number of aromatic nitrogens is 1. The van der Waals surface area contributed by atoms with Gasteiger partial charge in [-0.15, -0.1) is 0 Å². The van der Waals surface area contributed by atoms with E-state index in [-0.39, 0.29) is 12.8 Å². The van der Waals surface area contributed by atoms with E-state index in [1.807, 2.05) is 0 Å². The molecule has 0 saturated heterocycles. The molecule has 2 rings (SSSR count). The first-order valence-electron chi connectivity index (χ1n) is 8.46. The summed E-state index contributed by atoms with van der Waals surface area (Å²) in [6.07, 6.45) is 1.72. The smallest absolute Gasteiger partial charge is 0.243 e. The summed E-state index contributed by atoms with van der Waals surface area (Å²) in [5.74, 6) is -2.13. The van der Waals surface area contributed by atoms with Gasteiger partial charge >= 0.3 is 0 Å². The molecular weight excluding hydrogens is 387 g/mol. The molecule has 1 heterocycles. The molecule has 2 atom stereocenters. The Kier molecular flexibility index (Phi) is 7.45. The van der Waals surface area contributed by atoms with Gasteiger partial charge in [0.15, 0.2) is 0 Å². The molecule has 0 spiro atoms. The van der Waals surface area contributed by atoms with E-state index in [4.69, 9.17) is 17.3 Å². The van der Waals surface area contributed by atoms with Crippen LogP contribution in [0.25, 0.3) is 0 Å². The summed E-state index contributed by atoms with van der Waals surface area (Å²) in [7, 11) is 0. The Labute approximate surface area is 166 Å². The topological polar surface area (TPSA) is 114 Å². The van der Waals surface area contributed by atoms with Crippen molar-refractivity contribution >= 4 is 29.3 Å². The number of nitrogens with two attached hydrogens (primary N) is 1. The fourth-order valence-electron chi connectivity index (χ4n) is 2.57. The number of hydrogen-bond acceptors (Lipinski definition) is 4. The quantitative estimate of drug-likeness (QED) is 0.570. The molecule has 0 aliphatic carbocycles. The van der Waals surface area contributed by atoms with Gasteiger partial charge in [-0.25, -0.2) is 9.37 Å². The molecular formula is C19H20ClFN4O3. The summed E-state index contributed by atoms with van der Waals surface area (Å²) < 4.78 is 13.1. The maximum Gasteiger partial charge on any atom is 0.243 e. The molecule has 4 N–H and O–H groups in total.